The first-order chi connectivity index (χ1) is 10.5. The van der Waals surface area contributed by atoms with Crippen LogP contribution in [0.4, 0.5) is 18.9 Å². The van der Waals surface area contributed by atoms with Gasteiger partial charge in [0.2, 0.25) is 0 Å². The van der Waals surface area contributed by atoms with Gasteiger partial charge in [-0.1, -0.05) is 12.1 Å². The van der Waals surface area contributed by atoms with Crippen LogP contribution in [0.15, 0.2) is 42.5 Å². The monoisotopic (exact) mass is 307 g/mol. The second kappa shape index (κ2) is 5.55. The van der Waals surface area contributed by atoms with Gasteiger partial charge in [-0.15, -0.1) is 0 Å². The van der Waals surface area contributed by atoms with Crippen molar-refractivity contribution in [3.63, 3.8) is 0 Å². The average molecular weight is 307 g/mol. The van der Waals surface area contributed by atoms with Crippen LogP contribution in [-0.2, 0) is 12.6 Å². The minimum absolute atomic E-state index is 0.0288. The molecule has 1 unspecified atom stereocenters. The number of hydrogen-bond acceptors (Lipinski definition) is 2. The second-order valence-corrected chi connectivity index (χ2v) is 5.28. The van der Waals surface area contributed by atoms with Gasteiger partial charge in [-0.2, -0.15) is 13.2 Å². The molecule has 0 aliphatic carbocycles. The van der Waals surface area contributed by atoms with Crippen LogP contribution in [-0.4, -0.2) is 6.61 Å². The van der Waals surface area contributed by atoms with Crippen LogP contribution in [0, 0.1) is 0 Å². The lowest BCUT2D eigenvalue weighted by Gasteiger charge is -2.13. The fourth-order valence-electron chi connectivity index (χ4n) is 2.73. The molecule has 0 bridgehead atoms. The van der Waals surface area contributed by atoms with Gasteiger partial charge in [0.1, 0.15) is 5.75 Å². The number of nitrogens with one attached hydrogen (secondary N) is 1. The van der Waals surface area contributed by atoms with Crippen molar-refractivity contribution in [1.82, 2.24) is 0 Å². The molecule has 22 heavy (non-hydrogen) atoms. The van der Waals surface area contributed by atoms with Gasteiger partial charge in [-0.25, -0.2) is 0 Å². The molecule has 2 aromatic rings. The minimum Gasteiger partial charge on any atom is -0.494 e. The van der Waals surface area contributed by atoms with E-state index in [1.54, 1.807) is 0 Å². The lowest BCUT2D eigenvalue weighted by atomic mass is 10.0. The molecule has 0 aromatic heterocycles. The zero-order valence-electron chi connectivity index (χ0n) is 12.1. The number of anilines is 1. The Morgan fingerprint density at radius 2 is 2.00 bits per heavy atom. The highest BCUT2D eigenvalue weighted by Gasteiger charge is 2.32. The maximum Gasteiger partial charge on any atom is 0.416 e. The molecule has 3 rings (SSSR count). The smallest absolute Gasteiger partial charge is 0.416 e. The maximum atomic E-state index is 12.8. The third-order valence-electron chi connectivity index (χ3n) is 3.76. The summed E-state index contributed by atoms with van der Waals surface area (Å²) in [6, 6.07) is 11.5. The normalized spacial score (nSPS) is 17.0. The van der Waals surface area contributed by atoms with Crippen molar-refractivity contribution in [2.75, 3.05) is 11.9 Å². The van der Waals surface area contributed by atoms with Crippen LogP contribution >= 0.6 is 0 Å². The Bertz CT molecular complexity index is 682. The van der Waals surface area contributed by atoms with Crippen molar-refractivity contribution in [3.8, 4) is 5.75 Å². The van der Waals surface area contributed by atoms with Gasteiger partial charge in [0.05, 0.1) is 18.2 Å². The summed E-state index contributed by atoms with van der Waals surface area (Å²) in [6.45, 7) is 2.49. The van der Waals surface area contributed by atoms with Crippen LogP contribution in [0.25, 0.3) is 0 Å². The Labute approximate surface area is 126 Å². The third-order valence-corrected chi connectivity index (χ3v) is 3.76. The lowest BCUT2D eigenvalue weighted by Crippen LogP contribution is -2.05. The molecule has 1 aliphatic heterocycles. The van der Waals surface area contributed by atoms with Crippen molar-refractivity contribution in [2.24, 2.45) is 0 Å². The largest absolute Gasteiger partial charge is 0.494 e. The highest BCUT2D eigenvalue weighted by Crippen LogP contribution is 2.38. The molecule has 2 aromatic carbocycles. The number of benzene rings is 2. The van der Waals surface area contributed by atoms with Gasteiger partial charge >= 0.3 is 6.18 Å². The van der Waals surface area contributed by atoms with E-state index >= 15 is 0 Å². The number of fused-ring (bicyclic) bond motifs is 1. The molecule has 1 heterocycles. The van der Waals surface area contributed by atoms with Gasteiger partial charge in [0.15, 0.2) is 0 Å². The Morgan fingerprint density at radius 1 is 1.18 bits per heavy atom. The summed E-state index contributed by atoms with van der Waals surface area (Å²) in [5.74, 6) is 0.772. The van der Waals surface area contributed by atoms with E-state index in [2.05, 4.69) is 5.32 Å². The van der Waals surface area contributed by atoms with E-state index in [1.165, 1.54) is 12.1 Å². The van der Waals surface area contributed by atoms with Crippen molar-refractivity contribution >= 4 is 5.69 Å². The van der Waals surface area contributed by atoms with Crippen molar-refractivity contribution in [2.45, 2.75) is 25.6 Å². The third kappa shape index (κ3) is 2.89. The number of hydrogen-bond donors (Lipinski definition) is 1. The van der Waals surface area contributed by atoms with Crippen molar-refractivity contribution in [1.29, 1.82) is 0 Å². The fraction of sp³-hybridized carbons (Fsp3) is 0.294. The molecule has 1 N–H and O–H groups in total. The molecule has 116 valence electrons. The molecule has 1 atom stereocenters. The van der Waals surface area contributed by atoms with E-state index in [1.807, 2.05) is 31.2 Å². The summed E-state index contributed by atoms with van der Waals surface area (Å²) in [5.41, 5.74) is 1.87. The first-order valence-electron chi connectivity index (χ1n) is 7.17. The highest BCUT2D eigenvalue weighted by atomic mass is 19.4. The van der Waals surface area contributed by atoms with Crippen LogP contribution in [0.5, 0.6) is 5.75 Å². The topological polar surface area (TPSA) is 21.3 Å². The zero-order chi connectivity index (χ0) is 15.7. The van der Waals surface area contributed by atoms with Gasteiger partial charge in [0.25, 0.3) is 0 Å². The molecule has 0 spiro atoms. The van der Waals surface area contributed by atoms with E-state index in [0.29, 0.717) is 18.6 Å². The van der Waals surface area contributed by atoms with Crippen LogP contribution < -0.4 is 10.1 Å². The first kappa shape index (κ1) is 14.8. The zero-order valence-corrected chi connectivity index (χ0v) is 12.1. The van der Waals surface area contributed by atoms with Crippen LogP contribution in [0.2, 0.25) is 0 Å². The Balaban J connectivity index is 1.84. The highest BCUT2D eigenvalue weighted by molar-refractivity contribution is 5.59. The molecular formula is C17H16F3NO. The second-order valence-electron chi connectivity index (χ2n) is 5.28. The molecule has 0 amide bonds. The summed E-state index contributed by atoms with van der Waals surface area (Å²) in [5, 5.41) is 3.28. The first-order valence-corrected chi connectivity index (χ1v) is 7.17. The minimum atomic E-state index is -4.30. The number of ether oxygens (including phenoxy) is 1. The maximum absolute atomic E-state index is 12.8. The molecule has 5 heteroatoms. The lowest BCUT2D eigenvalue weighted by molar-refractivity contribution is -0.137. The van der Waals surface area contributed by atoms with Crippen LogP contribution in [0.3, 0.4) is 0 Å². The summed E-state index contributed by atoms with van der Waals surface area (Å²) in [7, 11) is 0. The van der Waals surface area contributed by atoms with E-state index in [4.69, 9.17) is 4.74 Å². The quantitative estimate of drug-likeness (QED) is 0.878. The van der Waals surface area contributed by atoms with E-state index in [0.717, 1.165) is 23.1 Å². The van der Waals surface area contributed by atoms with Gasteiger partial charge < -0.3 is 10.1 Å². The Morgan fingerprint density at radius 3 is 2.73 bits per heavy atom. The standard InChI is InChI=1S/C17H16F3NO/c1-2-22-14-5-3-4-11(9-14)16-10-12-8-13(17(18,19)20)6-7-15(12)21-16/h3-9,16,21H,2,10H2,1H3. The molecule has 0 saturated heterocycles. The van der Waals surface area contributed by atoms with Gasteiger partial charge in [-0.3, -0.25) is 0 Å². The predicted molar refractivity (Wildman–Crippen MR) is 79.1 cm³/mol. The molecule has 0 saturated carbocycles. The molecule has 0 fully saturated rings. The van der Waals surface area contributed by atoms with Crippen molar-refractivity contribution in [3.05, 3.63) is 59.2 Å². The van der Waals surface area contributed by atoms with E-state index < -0.39 is 11.7 Å². The number of alkyl halides is 3. The summed E-state index contributed by atoms with van der Waals surface area (Å²) < 4.78 is 43.8. The summed E-state index contributed by atoms with van der Waals surface area (Å²) >= 11 is 0. The molecule has 0 radical (unpaired) electrons. The SMILES string of the molecule is CCOc1cccc(C2Cc3cc(C(F)(F)F)ccc3N2)c1. The van der Waals surface area contributed by atoms with E-state index in [9.17, 15) is 13.2 Å². The van der Waals surface area contributed by atoms with Crippen LogP contribution in [0.1, 0.15) is 29.7 Å². The molecule has 2 nitrogen and oxygen atoms in total. The average Bonchev–Trinajstić information content (AvgIpc) is 2.90. The fourth-order valence-corrected chi connectivity index (χ4v) is 2.73. The van der Waals surface area contributed by atoms with Crippen molar-refractivity contribution < 1.29 is 17.9 Å². The summed E-state index contributed by atoms with van der Waals surface area (Å²) in [6.07, 6.45) is -3.77. The van der Waals surface area contributed by atoms with E-state index in [-0.39, 0.29) is 6.04 Å². The number of halogens is 3. The van der Waals surface area contributed by atoms with Gasteiger partial charge in [0, 0.05) is 5.69 Å². The Hall–Kier alpha value is -2.17. The predicted octanol–water partition coefficient (Wildman–Crippen LogP) is 4.81. The summed E-state index contributed by atoms with van der Waals surface area (Å²) in [4.78, 5) is 0. The molecule has 1 aliphatic rings. The molecular weight excluding hydrogens is 291 g/mol. The number of rotatable bonds is 3. The van der Waals surface area contributed by atoms with Gasteiger partial charge in [-0.05, 0) is 54.8 Å². The Kier molecular flexibility index (Phi) is 3.72.